The Morgan fingerprint density at radius 3 is 2.06 bits per heavy atom. The maximum absolute atomic E-state index is 10.1. The maximum Gasteiger partial charge on any atom is 0.205 e. The van der Waals surface area contributed by atoms with Crippen LogP contribution in [0, 0.1) is 22.7 Å². The second-order valence-corrected chi connectivity index (χ2v) is 8.25. The molecule has 5 rings (SSSR count). The quantitative estimate of drug-likeness (QED) is 0.549. The van der Waals surface area contributed by atoms with Gasteiger partial charge >= 0.3 is 0 Å². The summed E-state index contributed by atoms with van der Waals surface area (Å²) in [6, 6.07) is 30.6. The molecule has 3 aromatic carbocycles. The molecule has 164 valence electrons. The zero-order valence-corrected chi connectivity index (χ0v) is 18.6. The molecule has 2 atom stereocenters. The average Bonchev–Trinajstić information content (AvgIpc) is 2.88. The minimum absolute atomic E-state index is 0.0233. The number of nitriles is 2. The molecule has 7 heteroatoms. The zero-order valence-electron chi connectivity index (χ0n) is 17.9. The molecule has 2 heterocycles. The van der Waals surface area contributed by atoms with Gasteiger partial charge in [-0.2, -0.15) is 15.6 Å². The fraction of sp³-hybridized carbons (Fsp3) is 0.0741. The van der Waals surface area contributed by atoms with Crippen LogP contribution in [0.5, 0.6) is 0 Å². The van der Waals surface area contributed by atoms with Crippen LogP contribution in [0.3, 0.4) is 0 Å². The Labute approximate surface area is 202 Å². The fourth-order valence-corrected chi connectivity index (χ4v) is 4.53. The lowest BCUT2D eigenvalue weighted by Crippen LogP contribution is -2.38. The number of hydrogen-bond donors (Lipinski definition) is 1. The van der Waals surface area contributed by atoms with E-state index in [0.29, 0.717) is 10.6 Å². The summed E-state index contributed by atoms with van der Waals surface area (Å²) in [5, 5.41) is 27.1. The van der Waals surface area contributed by atoms with E-state index in [1.54, 1.807) is 17.1 Å². The summed E-state index contributed by atoms with van der Waals surface area (Å²) in [6.45, 7) is 0. The zero-order chi connectivity index (χ0) is 23.7. The standard InChI is InChI=1S/C27H18ClN5O/c28-19-11-13-20(14-12-19)33-25(18-9-5-2-6-10-18)24-23(17-7-3-1-4-8-17)21(15-29)27(31)34-26(24)22(16-30)32-33/h1-14,23,25H,31H2. The second kappa shape index (κ2) is 8.78. The van der Waals surface area contributed by atoms with Gasteiger partial charge in [-0.25, -0.2) is 0 Å². The number of benzene rings is 3. The van der Waals surface area contributed by atoms with Gasteiger partial charge < -0.3 is 10.5 Å². The van der Waals surface area contributed by atoms with E-state index in [0.717, 1.165) is 22.4 Å². The molecular weight excluding hydrogens is 446 g/mol. The molecule has 2 aliphatic rings. The number of nitrogens with two attached hydrogens (primary N) is 1. The maximum atomic E-state index is 10.1. The van der Waals surface area contributed by atoms with Crippen molar-refractivity contribution in [3.8, 4) is 12.1 Å². The molecule has 0 amide bonds. The van der Waals surface area contributed by atoms with Gasteiger partial charge in [-0.05, 0) is 35.4 Å². The molecule has 34 heavy (non-hydrogen) atoms. The molecule has 0 aromatic heterocycles. The minimum atomic E-state index is -0.520. The van der Waals surface area contributed by atoms with Crippen molar-refractivity contribution in [1.29, 1.82) is 10.5 Å². The average molecular weight is 464 g/mol. The van der Waals surface area contributed by atoms with E-state index >= 15 is 0 Å². The highest BCUT2D eigenvalue weighted by atomic mass is 35.5. The molecule has 2 N–H and O–H groups in total. The first kappa shape index (κ1) is 21.3. The molecule has 0 saturated heterocycles. The topological polar surface area (TPSA) is 98.4 Å². The van der Waals surface area contributed by atoms with Crippen LogP contribution in [0.1, 0.15) is 23.1 Å². The monoisotopic (exact) mass is 463 g/mol. The van der Waals surface area contributed by atoms with Crippen LogP contribution in [0.4, 0.5) is 5.69 Å². The van der Waals surface area contributed by atoms with Gasteiger partial charge in [0.05, 0.1) is 11.6 Å². The Balaban J connectivity index is 1.80. The largest absolute Gasteiger partial charge is 0.437 e. The molecule has 3 aromatic rings. The third-order valence-electron chi connectivity index (χ3n) is 5.87. The molecule has 2 unspecified atom stereocenters. The van der Waals surface area contributed by atoms with E-state index in [2.05, 4.69) is 17.2 Å². The molecule has 6 nitrogen and oxygen atoms in total. The van der Waals surface area contributed by atoms with Crippen molar-refractivity contribution in [1.82, 2.24) is 0 Å². The number of nitrogens with zero attached hydrogens (tertiary/aromatic N) is 4. The number of hydrogen-bond acceptors (Lipinski definition) is 6. The molecule has 0 aliphatic carbocycles. The minimum Gasteiger partial charge on any atom is -0.437 e. The van der Waals surface area contributed by atoms with Crippen molar-refractivity contribution in [2.24, 2.45) is 10.8 Å². The van der Waals surface area contributed by atoms with Gasteiger partial charge in [-0.15, -0.1) is 0 Å². The Morgan fingerprint density at radius 2 is 1.47 bits per heavy atom. The predicted molar refractivity (Wildman–Crippen MR) is 130 cm³/mol. The molecule has 0 bridgehead atoms. The van der Waals surface area contributed by atoms with Gasteiger partial charge in [0, 0.05) is 10.6 Å². The molecule has 0 radical (unpaired) electrons. The number of halogens is 1. The molecule has 0 spiro atoms. The Hall–Kier alpha value is -4.52. The highest BCUT2D eigenvalue weighted by Gasteiger charge is 2.44. The summed E-state index contributed by atoms with van der Waals surface area (Å²) >= 11 is 6.14. The fourth-order valence-electron chi connectivity index (χ4n) is 4.40. The van der Waals surface area contributed by atoms with E-state index in [4.69, 9.17) is 22.1 Å². The van der Waals surface area contributed by atoms with Crippen LogP contribution in [0.2, 0.25) is 5.02 Å². The van der Waals surface area contributed by atoms with Crippen molar-refractivity contribution in [2.45, 2.75) is 12.0 Å². The van der Waals surface area contributed by atoms with Gasteiger partial charge in [-0.3, -0.25) is 5.01 Å². The Bertz CT molecular complexity index is 1410. The van der Waals surface area contributed by atoms with Gasteiger partial charge in [0.1, 0.15) is 23.8 Å². The number of allylic oxidation sites excluding steroid dienone is 2. The van der Waals surface area contributed by atoms with E-state index in [1.165, 1.54) is 0 Å². The van der Waals surface area contributed by atoms with Crippen LogP contribution in [-0.4, -0.2) is 5.71 Å². The van der Waals surface area contributed by atoms with Crippen LogP contribution in [0.15, 0.2) is 113 Å². The number of ether oxygens (including phenoxy) is 1. The molecule has 0 saturated carbocycles. The van der Waals surface area contributed by atoms with Gasteiger partial charge in [0.2, 0.25) is 11.6 Å². The van der Waals surface area contributed by atoms with E-state index in [1.807, 2.05) is 72.8 Å². The van der Waals surface area contributed by atoms with Crippen LogP contribution >= 0.6 is 11.6 Å². The van der Waals surface area contributed by atoms with Gasteiger partial charge in [-0.1, -0.05) is 72.3 Å². The molecule has 0 fully saturated rings. The third-order valence-corrected chi connectivity index (χ3v) is 6.12. The summed E-state index contributed by atoms with van der Waals surface area (Å²) in [5.74, 6) is -0.259. The summed E-state index contributed by atoms with van der Waals surface area (Å²) in [7, 11) is 0. The van der Waals surface area contributed by atoms with Crippen LogP contribution in [-0.2, 0) is 4.74 Å². The highest BCUT2D eigenvalue weighted by Crippen LogP contribution is 2.50. The highest BCUT2D eigenvalue weighted by molar-refractivity contribution is 6.30. The normalized spacial score (nSPS) is 19.5. The first-order chi connectivity index (χ1) is 16.6. The number of hydrazone groups is 1. The van der Waals surface area contributed by atoms with Crippen molar-refractivity contribution >= 4 is 23.0 Å². The summed E-state index contributed by atoms with van der Waals surface area (Å²) in [6.07, 6.45) is 0. The van der Waals surface area contributed by atoms with Crippen molar-refractivity contribution < 1.29 is 4.74 Å². The van der Waals surface area contributed by atoms with Crippen LogP contribution < -0.4 is 10.7 Å². The van der Waals surface area contributed by atoms with Crippen molar-refractivity contribution in [3.63, 3.8) is 0 Å². The van der Waals surface area contributed by atoms with Gasteiger partial charge in [0.15, 0.2) is 5.76 Å². The lowest BCUT2D eigenvalue weighted by molar-refractivity contribution is 0.293. The summed E-state index contributed by atoms with van der Waals surface area (Å²) in [4.78, 5) is 0. The summed E-state index contributed by atoms with van der Waals surface area (Å²) in [5.41, 5.74) is 9.83. The van der Waals surface area contributed by atoms with E-state index in [-0.39, 0.29) is 17.4 Å². The van der Waals surface area contributed by atoms with E-state index in [9.17, 15) is 10.5 Å². The Kier molecular flexibility index (Phi) is 5.51. The van der Waals surface area contributed by atoms with Gasteiger partial charge in [0.25, 0.3) is 0 Å². The first-order valence-electron chi connectivity index (χ1n) is 10.6. The molecule has 2 aliphatic heterocycles. The smallest absolute Gasteiger partial charge is 0.205 e. The van der Waals surface area contributed by atoms with Crippen molar-refractivity contribution in [3.05, 3.63) is 124 Å². The lowest BCUT2D eigenvalue weighted by Gasteiger charge is -2.41. The predicted octanol–water partition coefficient (Wildman–Crippen LogP) is 5.54. The van der Waals surface area contributed by atoms with Crippen molar-refractivity contribution in [2.75, 3.05) is 5.01 Å². The first-order valence-corrected chi connectivity index (χ1v) is 11.0. The number of rotatable bonds is 3. The second-order valence-electron chi connectivity index (χ2n) is 7.81. The molecular formula is C27H18ClN5O. The van der Waals surface area contributed by atoms with Crippen LogP contribution in [0.25, 0.3) is 0 Å². The van der Waals surface area contributed by atoms with E-state index < -0.39 is 12.0 Å². The lowest BCUT2D eigenvalue weighted by atomic mass is 9.76. The third kappa shape index (κ3) is 3.57. The summed E-state index contributed by atoms with van der Waals surface area (Å²) < 4.78 is 5.92. The Morgan fingerprint density at radius 1 is 0.853 bits per heavy atom. The SMILES string of the molecule is N#CC1=NN(c2ccc(Cl)cc2)C(c2ccccc2)C2=C1OC(N)=C(C#N)C2c1ccccc1. The number of anilines is 1.